The Morgan fingerprint density at radius 2 is 2.11 bits per heavy atom. The molecule has 2 N–H and O–H groups in total. The fraction of sp³-hybridized carbons (Fsp3) is 0.0667. The number of fused-ring (bicyclic) bond motifs is 1. The summed E-state index contributed by atoms with van der Waals surface area (Å²) in [6.07, 6.45) is 3.39. The first-order valence-electron chi connectivity index (χ1n) is 5.96. The second kappa shape index (κ2) is 4.66. The number of carbonyl (C=O) groups excluding carboxylic acids is 1. The van der Waals surface area contributed by atoms with E-state index in [-0.39, 0.29) is 12.3 Å². The number of ketones is 1. The van der Waals surface area contributed by atoms with Crippen LogP contribution in [0.3, 0.4) is 0 Å². The molecule has 0 bridgehead atoms. The molecule has 0 aliphatic heterocycles. The van der Waals surface area contributed by atoms with Gasteiger partial charge in [-0.2, -0.15) is 0 Å². The largest absolute Gasteiger partial charge is 0.456 e. The van der Waals surface area contributed by atoms with E-state index in [2.05, 4.69) is 4.98 Å². The minimum Gasteiger partial charge on any atom is -0.456 e. The van der Waals surface area contributed by atoms with Gasteiger partial charge in [0.25, 0.3) is 0 Å². The maximum Gasteiger partial charge on any atom is 0.228 e. The highest BCUT2D eigenvalue weighted by Crippen LogP contribution is 2.21. The molecule has 0 spiro atoms. The lowest BCUT2D eigenvalue weighted by Crippen LogP contribution is -2.01. The van der Waals surface area contributed by atoms with Crippen LogP contribution in [0.5, 0.6) is 0 Å². The third kappa shape index (κ3) is 2.02. The first-order chi connectivity index (χ1) is 9.29. The summed E-state index contributed by atoms with van der Waals surface area (Å²) >= 11 is 0. The number of aromatic nitrogens is 1. The summed E-state index contributed by atoms with van der Waals surface area (Å²) in [6.45, 7) is 0.282. The van der Waals surface area contributed by atoms with Gasteiger partial charge in [-0.1, -0.05) is 18.2 Å². The van der Waals surface area contributed by atoms with Crippen LogP contribution < -0.4 is 5.73 Å². The molecule has 3 aromatic rings. The topological polar surface area (TPSA) is 69.1 Å². The van der Waals surface area contributed by atoms with E-state index in [4.69, 9.17) is 10.2 Å². The lowest BCUT2D eigenvalue weighted by Gasteiger charge is -2.03. The van der Waals surface area contributed by atoms with Crippen molar-refractivity contribution in [1.29, 1.82) is 0 Å². The molecular weight excluding hydrogens is 240 g/mol. The van der Waals surface area contributed by atoms with Crippen LogP contribution in [-0.2, 0) is 6.54 Å². The van der Waals surface area contributed by atoms with Gasteiger partial charge in [0.15, 0.2) is 5.76 Å². The molecule has 0 amide bonds. The number of rotatable bonds is 3. The molecule has 4 nitrogen and oxygen atoms in total. The Morgan fingerprint density at radius 1 is 1.21 bits per heavy atom. The number of hydrogen-bond donors (Lipinski definition) is 1. The molecule has 2 aromatic heterocycles. The van der Waals surface area contributed by atoms with Gasteiger partial charge in [-0.3, -0.25) is 9.78 Å². The van der Waals surface area contributed by atoms with Crippen molar-refractivity contribution in [3.63, 3.8) is 0 Å². The predicted molar refractivity (Wildman–Crippen MR) is 71.8 cm³/mol. The minimum atomic E-state index is -0.154. The normalized spacial score (nSPS) is 10.8. The van der Waals surface area contributed by atoms with E-state index >= 15 is 0 Å². The fourth-order valence-electron chi connectivity index (χ4n) is 2.05. The molecule has 4 heteroatoms. The van der Waals surface area contributed by atoms with Gasteiger partial charge in [0.1, 0.15) is 5.76 Å². The van der Waals surface area contributed by atoms with Gasteiger partial charge in [-0.05, 0) is 23.6 Å². The Hall–Kier alpha value is -2.46. The van der Waals surface area contributed by atoms with Crippen molar-refractivity contribution in [2.75, 3.05) is 0 Å². The maximum absolute atomic E-state index is 12.4. The van der Waals surface area contributed by atoms with Gasteiger partial charge >= 0.3 is 0 Å². The lowest BCUT2D eigenvalue weighted by molar-refractivity contribution is 0.101. The molecule has 3 rings (SSSR count). The van der Waals surface area contributed by atoms with Crippen LogP contribution in [-0.4, -0.2) is 10.8 Å². The Bertz CT molecular complexity index is 741. The number of nitrogens with two attached hydrogens (primary N) is 1. The first kappa shape index (κ1) is 11.6. The number of carbonyl (C=O) groups is 1. The van der Waals surface area contributed by atoms with E-state index in [1.54, 1.807) is 30.6 Å². The number of furan rings is 1. The first-order valence-corrected chi connectivity index (χ1v) is 5.96. The zero-order valence-corrected chi connectivity index (χ0v) is 10.2. The van der Waals surface area contributed by atoms with Crippen LogP contribution >= 0.6 is 0 Å². The molecule has 0 saturated heterocycles. The third-order valence-electron chi connectivity index (χ3n) is 3.01. The van der Waals surface area contributed by atoms with E-state index in [1.807, 2.05) is 18.2 Å². The summed E-state index contributed by atoms with van der Waals surface area (Å²) in [6, 6.07) is 10.8. The van der Waals surface area contributed by atoms with Crippen molar-refractivity contribution in [1.82, 2.24) is 4.98 Å². The molecule has 19 heavy (non-hydrogen) atoms. The van der Waals surface area contributed by atoms with Gasteiger partial charge in [0.05, 0.1) is 6.54 Å². The summed E-state index contributed by atoms with van der Waals surface area (Å²) in [5.74, 6) is 0.747. The van der Waals surface area contributed by atoms with E-state index in [1.165, 1.54) is 0 Å². The third-order valence-corrected chi connectivity index (χ3v) is 3.01. The van der Waals surface area contributed by atoms with Crippen molar-refractivity contribution < 1.29 is 9.21 Å². The van der Waals surface area contributed by atoms with E-state index in [9.17, 15) is 4.79 Å². The van der Waals surface area contributed by atoms with Crippen molar-refractivity contribution >= 4 is 16.6 Å². The molecule has 0 aliphatic rings. The van der Waals surface area contributed by atoms with Crippen molar-refractivity contribution in [3.05, 3.63) is 65.9 Å². The van der Waals surface area contributed by atoms with Crippen LogP contribution in [0.2, 0.25) is 0 Å². The number of pyridine rings is 1. The quantitative estimate of drug-likeness (QED) is 0.727. The number of benzene rings is 1. The molecule has 0 unspecified atom stereocenters. The average Bonchev–Trinajstić information content (AvgIpc) is 2.95. The van der Waals surface area contributed by atoms with Crippen LogP contribution in [0.1, 0.15) is 21.9 Å². The predicted octanol–water partition coefficient (Wildman–Crippen LogP) is 2.52. The Labute approximate surface area is 109 Å². The Morgan fingerprint density at radius 3 is 2.89 bits per heavy atom. The smallest absolute Gasteiger partial charge is 0.228 e. The van der Waals surface area contributed by atoms with Gasteiger partial charge in [0.2, 0.25) is 5.78 Å². The van der Waals surface area contributed by atoms with E-state index in [0.29, 0.717) is 17.1 Å². The molecular formula is C15H12N2O2. The lowest BCUT2D eigenvalue weighted by atomic mass is 10.0. The summed E-state index contributed by atoms with van der Waals surface area (Å²) in [5, 5.41) is 1.80. The molecule has 0 saturated carbocycles. The molecule has 0 atom stereocenters. The summed E-state index contributed by atoms with van der Waals surface area (Å²) in [4.78, 5) is 16.5. The molecule has 0 fully saturated rings. The average molecular weight is 252 g/mol. The SMILES string of the molecule is NCc1ccc(C(=O)c2cccc3ccncc23)o1. The fourth-order valence-corrected chi connectivity index (χ4v) is 2.05. The minimum absolute atomic E-state index is 0.154. The summed E-state index contributed by atoms with van der Waals surface area (Å²) < 4.78 is 5.40. The summed E-state index contributed by atoms with van der Waals surface area (Å²) in [5.41, 5.74) is 6.06. The van der Waals surface area contributed by atoms with Crippen molar-refractivity contribution in [2.24, 2.45) is 5.73 Å². The highest BCUT2D eigenvalue weighted by atomic mass is 16.3. The molecule has 94 valence electrons. The number of hydrogen-bond acceptors (Lipinski definition) is 4. The molecule has 0 radical (unpaired) electrons. The zero-order chi connectivity index (χ0) is 13.2. The standard InChI is InChI=1S/C15H12N2O2/c16-8-11-4-5-14(19-11)15(18)12-3-1-2-10-6-7-17-9-13(10)12/h1-7,9H,8,16H2. The number of nitrogens with zero attached hydrogens (tertiary/aromatic N) is 1. The second-order valence-electron chi connectivity index (χ2n) is 4.20. The highest BCUT2D eigenvalue weighted by molar-refractivity contribution is 6.14. The van der Waals surface area contributed by atoms with Crippen molar-refractivity contribution in [3.8, 4) is 0 Å². The second-order valence-corrected chi connectivity index (χ2v) is 4.20. The van der Waals surface area contributed by atoms with Gasteiger partial charge in [-0.15, -0.1) is 0 Å². The molecule has 1 aromatic carbocycles. The monoisotopic (exact) mass is 252 g/mol. The van der Waals surface area contributed by atoms with Crippen LogP contribution in [0.15, 0.2) is 53.2 Å². The van der Waals surface area contributed by atoms with Gasteiger partial charge < -0.3 is 10.2 Å². The van der Waals surface area contributed by atoms with Crippen LogP contribution in [0.4, 0.5) is 0 Å². The highest BCUT2D eigenvalue weighted by Gasteiger charge is 2.15. The van der Waals surface area contributed by atoms with E-state index in [0.717, 1.165) is 10.8 Å². The maximum atomic E-state index is 12.4. The van der Waals surface area contributed by atoms with Gasteiger partial charge in [0, 0.05) is 23.3 Å². The summed E-state index contributed by atoms with van der Waals surface area (Å²) in [7, 11) is 0. The Balaban J connectivity index is 2.11. The van der Waals surface area contributed by atoms with Crippen LogP contribution in [0.25, 0.3) is 10.8 Å². The van der Waals surface area contributed by atoms with E-state index < -0.39 is 0 Å². The zero-order valence-electron chi connectivity index (χ0n) is 10.2. The molecule has 0 aliphatic carbocycles. The van der Waals surface area contributed by atoms with Gasteiger partial charge in [-0.25, -0.2) is 0 Å². The van der Waals surface area contributed by atoms with Crippen molar-refractivity contribution in [2.45, 2.75) is 6.54 Å². The Kier molecular flexibility index (Phi) is 2.85. The molecule has 2 heterocycles. The van der Waals surface area contributed by atoms with Crippen LogP contribution in [0, 0.1) is 0 Å².